The van der Waals surface area contributed by atoms with Crippen LogP contribution >= 0.6 is 11.8 Å². The smallest absolute Gasteiger partial charge is 0.248 e. The topological polar surface area (TPSA) is 84.9 Å². The number of para-hydroxylation sites is 1. The maximum atomic E-state index is 13.2. The highest BCUT2D eigenvalue weighted by atomic mass is 32.2. The average Bonchev–Trinajstić information content (AvgIpc) is 2.80. The molecule has 0 saturated carbocycles. The van der Waals surface area contributed by atoms with Gasteiger partial charge in [-0.1, -0.05) is 42.1 Å². The summed E-state index contributed by atoms with van der Waals surface area (Å²) in [5.41, 5.74) is 0.940. The monoisotopic (exact) mass is 484 g/mol. The fraction of sp³-hybridized carbons (Fsp3) is 0.208. The van der Waals surface area contributed by atoms with Crippen LogP contribution in [0.15, 0.2) is 82.6 Å². The van der Waals surface area contributed by atoms with Gasteiger partial charge in [0.1, 0.15) is 19.3 Å². The van der Waals surface area contributed by atoms with Gasteiger partial charge in [0.25, 0.3) is 0 Å². The molecule has 0 aliphatic carbocycles. The molecule has 172 valence electrons. The number of ether oxygens (including phenoxy) is 2. The zero-order valence-corrected chi connectivity index (χ0v) is 19.9. The van der Waals surface area contributed by atoms with Crippen LogP contribution in [0.25, 0.3) is 0 Å². The minimum Gasteiger partial charge on any atom is -0.486 e. The Morgan fingerprint density at radius 1 is 0.970 bits per heavy atom. The molecule has 0 spiro atoms. The average molecular weight is 485 g/mol. The first kappa shape index (κ1) is 23.0. The van der Waals surface area contributed by atoms with E-state index in [1.165, 1.54) is 11.8 Å². The van der Waals surface area contributed by atoms with Crippen molar-refractivity contribution >= 4 is 39.1 Å². The van der Waals surface area contributed by atoms with Gasteiger partial charge in [0.05, 0.1) is 17.6 Å². The van der Waals surface area contributed by atoms with Crippen LogP contribution in [0.4, 0.5) is 11.4 Å². The molecule has 0 fully saturated rings. The number of hydrogen-bond donors (Lipinski definition) is 1. The number of fused-ring (bicyclic) bond motifs is 1. The summed E-state index contributed by atoms with van der Waals surface area (Å²) in [6, 6.07) is 21.1. The van der Waals surface area contributed by atoms with E-state index in [0.717, 1.165) is 20.4 Å². The third-order valence-electron chi connectivity index (χ3n) is 4.98. The minimum atomic E-state index is -3.77. The maximum absolute atomic E-state index is 13.2. The van der Waals surface area contributed by atoms with Crippen molar-refractivity contribution in [3.05, 3.63) is 72.8 Å². The molecule has 3 aromatic rings. The molecule has 4 rings (SSSR count). The number of amides is 1. The first-order chi connectivity index (χ1) is 15.8. The summed E-state index contributed by atoms with van der Waals surface area (Å²) in [5, 5.41) is 2.89. The number of nitrogens with one attached hydrogen (secondary N) is 1. The lowest BCUT2D eigenvalue weighted by atomic mass is 10.2. The quantitative estimate of drug-likeness (QED) is 0.535. The van der Waals surface area contributed by atoms with Gasteiger partial charge in [-0.15, -0.1) is 0 Å². The standard InChI is InChI=1S/C24H24N2O5S2/c1-17(26(33(2,28)29)18-12-13-21-22(16-18)31-15-14-30-21)24(27)25-20-10-6-7-11-23(20)32-19-8-4-3-5-9-19/h3-13,16-17H,14-15H2,1-2H3,(H,25,27)/t17-/m0/s1. The highest BCUT2D eigenvalue weighted by Gasteiger charge is 2.30. The van der Waals surface area contributed by atoms with Crippen LogP contribution in [0.3, 0.4) is 0 Å². The van der Waals surface area contributed by atoms with E-state index in [4.69, 9.17) is 9.47 Å². The molecule has 1 heterocycles. The van der Waals surface area contributed by atoms with Crippen molar-refractivity contribution in [3.8, 4) is 11.5 Å². The molecule has 7 nitrogen and oxygen atoms in total. The fourth-order valence-electron chi connectivity index (χ4n) is 3.49. The molecule has 1 aliphatic heterocycles. The molecule has 0 bridgehead atoms. The molecule has 0 unspecified atom stereocenters. The van der Waals surface area contributed by atoms with Crippen molar-refractivity contribution in [2.45, 2.75) is 22.8 Å². The first-order valence-electron chi connectivity index (χ1n) is 10.3. The highest BCUT2D eigenvalue weighted by molar-refractivity contribution is 7.99. The summed E-state index contributed by atoms with van der Waals surface area (Å²) in [4.78, 5) is 15.1. The molecule has 0 aromatic heterocycles. The van der Waals surface area contributed by atoms with Crippen molar-refractivity contribution in [3.63, 3.8) is 0 Å². The van der Waals surface area contributed by atoms with Crippen molar-refractivity contribution in [1.82, 2.24) is 0 Å². The zero-order valence-electron chi connectivity index (χ0n) is 18.2. The largest absolute Gasteiger partial charge is 0.486 e. The summed E-state index contributed by atoms with van der Waals surface area (Å²) in [6.45, 7) is 2.36. The highest BCUT2D eigenvalue weighted by Crippen LogP contribution is 2.36. The number of rotatable bonds is 7. The number of carbonyl (C=O) groups is 1. The van der Waals surface area contributed by atoms with E-state index in [1.807, 2.05) is 48.5 Å². The van der Waals surface area contributed by atoms with Gasteiger partial charge in [-0.25, -0.2) is 8.42 Å². The van der Waals surface area contributed by atoms with E-state index < -0.39 is 22.0 Å². The Morgan fingerprint density at radius 2 is 1.64 bits per heavy atom. The van der Waals surface area contributed by atoms with Gasteiger partial charge in [-0.05, 0) is 43.3 Å². The van der Waals surface area contributed by atoms with Crippen LogP contribution in [0, 0.1) is 0 Å². The molecule has 1 N–H and O–H groups in total. The van der Waals surface area contributed by atoms with Crippen molar-refractivity contribution < 1.29 is 22.7 Å². The maximum Gasteiger partial charge on any atom is 0.248 e. The second-order valence-electron chi connectivity index (χ2n) is 7.46. The fourth-order valence-corrected chi connectivity index (χ4v) is 5.58. The number of sulfonamides is 1. The minimum absolute atomic E-state index is 0.330. The summed E-state index contributed by atoms with van der Waals surface area (Å²) in [6.07, 6.45) is 1.08. The number of nitrogens with zero attached hydrogens (tertiary/aromatic N) is 1. The van der Waals surface area contributed by atoms with Gasteiger partial charge >= 0.3 is 0 Å². The summed E-state index contributed by atoms with van der Waals surface area (Å²) in [7, 11) is -3.77. The van der Waals surface area contributed by atoms with E-state index in [9.17, 15) is 13.2 Å². The van der Waals surface area contributed by atoms with Gasteiger partial charge < -0.3 is 14.8 Å². The Balaban J connectivity index is 1.59. The molecule has 9 heteroatoms. The van der Waals surface area contributed by atoms with Gasteiger partial charge in [0.2, 0.25) is 15.9 Å². The Kier molecular flexibility index (Phi) is 6.80. The van der Waals surface area contributed by atoms with Crippen molar-refractivity contribution in [2.24, 2.45) is 0 Å². The molecule has 0 radical (unpaired) electrons. The number of hydrogen-bond acceptors (Lipinski definition) is 6. The lowest BCUT2D eigenvalue weighted by Crippen LogP contribution is -2.45. The third kappa shape index (κ3) is 5.43. The Bertz CT molecular complexity index is 1250. The third-order valence-corrected chi connectivity index (χ3v) is 7.31. The van der Waals surface area contributed by atoms with E-state index >= 15 is 0 Å². The number of carbonyl (C=O) groups excluding carboxylic acids is 1. The Hall–Kier alpha value is -3.17. The molecule has 0 saturated heterocycles. The molecule has 3 aromatic carbocycles. The van der Waals surface area contributed by atoms with Gasteiger partial charge in [0, 0.05) is 15.9 Å². The zero-order chi connectivity index (χ0) is 23.4. The first-order valence-corrected chi connectivity index (χ1v) is 13.0. The predicted octanol–water partition coefficient (Wildman–Crippen LogP) is 4.40. The van der Waals surface area contributed by atoms with E-state index in [0.29, 0.717) is 36.1 Å². The number of anilines is 2. The molecule has 1 aliphatic rings. The molecule has 1 amide bonds. The van der Waals surface area contributed by atoms with Crippen LogP contribution in [0.5, 0.6) is 11.5 Å². The Labute approximate surface area is 197 Å². The second kappa shape index (κ2) is 9.76. The summed E-state index contributed by atoms with van der Waals surface area (Å²) >= 11 is 1.52. The van der Waals surface area contributed by atoms with E-state index in [1.54, 1.807) is 31.2 Å². The van der Waals surface area contributed by atoms with Gasteiger partial charge in [-0.3, -0.25) is 9.10 Å². The summed E-state index contributed by atoms with van der Waals surface area (Å²) in [5.74, 6) is 0.545. The molecular weight excluding hydrogens is 460 g/mol. The SMILES string of the molecule is C[C@@H](C(=O)Nc1ccccc1Sc1ccccc1)N(c1ccc2c(c1)OCCO2)S(C)(=O)=O. The number of benzene rings is 3. The van der Waals surface area contributed by atoms with Crippen molar-refractivity contribution in [2.75, 3.05) is 29.1 Å². The molecule has 33 heavy (non-hydrogen) atoms. The van der Waals surface area contributed by atoms with Crippen LogP contribution in [0.1, 0.15) is 6.92 Å². The van der Waals surface area contributed by atoms with Gasteiger partial charge in [0.15, 0.2) is 11.5 Å². The van der Waals surface area contributed by atoms with Crippen LogP contribution < -0.4 is 19.1 Å². The van der Waals surface area contributed by atoms with Crippen LogP contribution in [-0.2, 0) is 14.8 Å². The van der Waals surface area contributed by atoms with Crippen LogP contribution in [-0.4, -0.2) is 39.8 Å². The Morgan fingerprint density at radius 3 is 2.36 bits per heavy atom. The second-order valence-corrected chi connectivity index (χ2v) is 10.4. The van der Waals surface area contributed by atoms with Crippen molar-refractivity contribution in [1.29, 1.82) is 0 Å². The lowest BCUT2D eigenvalue weighted by molar-refractivity contribution is -0.116. The van der Waals surface area contributed by atoms with Crippen LogP contribution in [0.2, 0.25) is 0 Å². The summed E-state index contributed by atoms with van der Waals surface area (Å²) < 4.78 is 37.5. The lowest BCUT2D eigenvalue weighted by Gasteiger charge is -2.29. The van der Waals surface area contributed by atoms with E-state index in [-0.39, 0.29) is 0 Å². The molecular formula is C24H24N2O5S2. The van der Waals surface area contributed by atoms with E-state index in [2.05, 4.69) is 5.32 Å². The van der Waals surface area contributed by atoms with Gasteiger partial charge in [-0.2, -0.15) is 0 Å². The predicted molar refractivity (Wildman–Crippen MR) is 130 cm³/mol. The molecule has 1 atom stereocenters. The normalized spacial score (nSPS) is 13.8.